The van der Waals surface area contributed by atoms with Crippen molar-refractivity contribution in [2.45, 2.75) is 19.9 Å². The van der Waals surface area contributed by atoms with Crippen LogP contribution >= 0.6 is 23.6 Å². The first-order valence-corrected chi connectivity index (χ1v) is 8.33. The predicted molar refractivity (Wildman–Crippen MR) is 96.5 cm³/mol. The smallest absolute Gasteiger partial charge is 0.162 e. The zero-order chi connectivity index (χ0) is 15.7. The molecule has 0 aliphatic rings. The molecule has 0 amide bonds. The molecule has 2 aromatic carbocycles. The van der Waals surface area contributed by atoms with Gasteiger partial charge in [0.15, 0.2) is 3.95 Å². The van der Waals surface area contributed by atoms with E-state index in [1.807, 2.05) is 37.3 Å². The molecule has 0 radical (unpaired) electrons. The van der Waals surface area contributed by atoms with Crippen LogP contribution in [0, 0.1) is 10.9 Å². The van der Waals surface area contributed by atoms with E-state index in [1.54, 1.807) is 11.3 Å². The summed E-state index contributed by atoms with van der Waals surface area (Å²) in [5, 5.41) is 10.4. The van der Waals surface area contributed by atoms with Crippen LogP contribution in [-0.4, -0.2) is 9.67 Å². The number of phenols is 1. The lowest BCUT2D eigenvalue weighted by Crippen LogP contribution is -2.01. The second kappa shape index (κ2) is 6.07. The molecule has 1 heterocycles. The number of nitrogens with zero attached hydrogens (tertiary/aromatic N) is 1. The molecule has 0 saturated heterocycles. The molecular weight excluding hydrogens is 310 g/mol. The van der Waals surface area contributed by atoms with Crippen LogP contribution in [0.3, 0.4) is 0 Å². The van der Waals surface area contributed by atoms with Gasteiger partial charge in [-0.2, -0.15) is 0 Å². The molecule has 0 bridgehead atoms. The first kappa shape index (κ1) is 15.0. The van der Waals surface area contributed by atoms with Gasteiger partial charge < -0.3 is 9.67 Å². The topological polar surface area (TPSA) is 25.2 Å². The number of thiazole rings is 1. The molecule has 1 aromatic heterocycles. The van der Waals surface area contributed by atoms with Gasteiger partial charge in [-0.05, 0) is 54.9 Å². The fourth-order valence-corrected chi connectivity index (χ4v) is 4.00. The highest BCUT2D eigenvalue weighted by molar-refractivity contribution is 7.73. The summed E-state index contributed by atoms with van der Waals surface area (Å²) in [6, 6.07) is 12.2. The molecule has 1 N–H and O–H groups in total. The summed E-state index contributed by atoms with van der Waals surface area (Å²) in [7, 11) is 0. The Kier molecular flexibility index (Phi) is 4.14. The largest absolute Gasteiger partial charge is 0.507 e. The Bertz CT molecular complexity index is 905. The SMILES string of the molecule is C=CCc1cc(C)c(O)c(Cn2c(=S)sc3ccccc32)c1. The van der Waals surface area contributed by atoms with E-state index in [-0.39, 0.29) is 0 Å². The zero-order valence-electron chi connectivity index (χ0n) is 12.4. The first-order chi connectivity index (χ1) is 10.6. The predicted octanol–water partition coefficient (Wildman–Crippen LogP) is 5.22. The standard InChI is InChI=1S/C18H17NOS2/c1-3-6-13-9-12(2)17(20)14(10-13)11-19-15-7-4-5-8-16(15)22-18(19)21/h3-5,7-10,20H,1,6,11H2,2H3. The maximum absolute atomic E-state index is 10.4. The fraction of sp³-hybridized carbons (Fsp3) is 0.167. The van der Waals surface area contributed by atoms with E-state index in [4.69, 9.17) is 12.2 Å². The minimum absolute atomic E-state index is 0.352. The lowest BCUT2D eigenvalue weighted by molar-refractivity contribution is 0.462. The zero-order valence-corrected chi connectivity index (χ0v) is 14.0. The van der Waals surface area contributed by atoms with E-state index < -0.39 is 0 Å². The van der Waals surface area contributed by atoms with Gasteiger partial charge in [-0.3, -0.25) is 0 Å². The second-order valence-corrected chi connectivity index (χ2v) is 7.01. The number of phenolic OH excluding ortho intramolecular Hbond substituents is 1. The minimum Gasteiger partial charge on any atom is -0.507 e. The van der Waals surface area contributed by atoms with Crippen molar-refractivity contribution in [3.63, 3.8) is 0 Å². The molecule has 3 rings (SSSR count). The number of hydrogen-bond acceptors (Lipinski definition) is 3. The van der Waals surface area contributed by atoms with Gasteiger partial charge in [-0.1, -0.05) is 24.3 Å². The number of hydrogen-bond donors (Lipinski definition) is 1. The summed E-state index contributed by atoms with van der Waals surface area (Å²) < 4.78 is 4.08. The summed E-state index contributed by atoms with van der Waals surface area (Å²) in [6.07, 6.45) is 2.67. The maximum Gasteiger partial charge on any atom is 0.162 e. The van der Waals surface area contributed by atoms with E-state index in [2.05, 4.69) is 23.3 Å². The Labute approximate surface area is 139 Å². The molecule has 4 heteroatoms. The van der Waals surface area contributed by atoms with Crippen LogP contribution in [0.2, 0.25) is 0 Å². The average Bonchev–Trinajstić information content (AvgIpc) is 2.81. The summed E-state index contributed by atoms with van der Waals surface area (Å²) in [6.45, 7) is 6.30. The molecule has 0 saturated carbocycles. The van der Waals surface area contributed by atoms with Gasteiger partial charge in [0, 0.05) is 5.56 Å². The number of rotatable bonds is 4. The number of aryl methyl sites for hydroxylation is 1. The Balaban J connectivity index is 2.10. The van der Waals surface area contributed by atoms with Gasteiger partial charge in [0.05, 0.1) is 16.8 Å². The van der Waals surface area contributed by atoms with Crippen LogP contribution in [0.15, 0.2) is 49.1 Å². The molecule has 2 nitrogen and oxygen atoms in total. The van der Waals surface area contributed by atoms with Crippen LogP contribution in [0.25, 0.3) is 10.2 Å². The lowest BCUT2D eigenvalue weighted by Gasteiger charge is -2.12. The third kappa shape index (κ3) is 2.72. The molecule has 0 unspecified atom stereocenters. The normalized spacial score (nSPS) is 11.0. The van der Waals surface area contributed by atoms with Crippen molar-refractivity contribution in [2.24, 2.45) is 0 Å². The second-order valence-electron chi connectivity index (χ2n) is 5.34. The van der Waals surface area contributed by atoms with Gasteiger partial charge in [0.25, 0.3) is 0 Å². The van der Waals surface area contributed by atoms with Crippen LogP contribution in [0.4, 0.5) is 0 Å². The first-order valence-electron chi connectivity index (χ1n) is 7.11. The van der Waals surface area contributed by atoms with Gasteiger partial charge in [0.1, 0.15) is 5.75 Å². The van der Waals surface area contributed by atoms with Gasteiger partial charge >= 0.3 is 0 Å². The van der Waals surface area contributed by atoms with E-state index in [1.165, 1.54) is 4.70 Å². The number of benzene rings is 2. The highest BCUT2D eigenvalue weighted by Gasteiger charge is 2.11. The Morgan fingerprint density at radius 1 is 1.32 bits per heavy atom. The summed E-state index contributed by atoms with van der Waals surface area (Å²) in [5.74, 6) is 0.352. The number of para-hydroxylation sites is 1. The van der Waals surface area contributed by atoms with E-state index in [9.17, 15) is 5.11 Å². The Morgan fingerprint density at radius 2 is 2.09 bits per heavy atom. The summed E-state index contributed by atoms with van der Waals surface area (Å²) in [4.78, 5) is 0. The van der Waals surface area contributed by atoms with E-state index >= 15 is 0 Å². The number of aromatic nitrogens is 1. The summed E-state index contributed by atoms with van der Waals surface area (Å²) >= 11 is 7.10. The highest BCUT2D eigenvalue weighted by atomic mass is 32.1. The third-order valence-electron chi connectivity index (χ3n) is 3.72. The van der Waals surface area contributed by atoms with Crippen molar-refractivity contribution in [1.82, 2.24) is 4.57 Å². The molecule has 112 valence electrons. The number of aromatic hydroxyl groups is 1. The third-order valence-corrected chi connectivity index (χ3v) is 5.15. The van der Waals surface area contributed by atoms with Crippen LogP contribution in [-0.2, 0) is 13.0 Å². The maximum atomic E-state index is 10.4. The van der Waals surface area contributed by atoms with Crippen molar-refractivity contribution in [2.75, 3.05) is 0 Å². The van der Waals surface area contributed by atoms with Crippen molar-refractivity contribution in [3.8, 4) is 5.75 Å². The average molecular weight is 327 g/mol. The highest BCUT2D eigenvalue weighted by Crippen LogP contribution is 2.29. The number of allylic oxidation sites excluding steroid dienone is 1. The molecule has 0 aliphatic carbocycles. The van der Waals surface area contributed by atoms with Crippen molar-refractivity contribution >= 4 is 33.8 Å². The molecule has 0 fully saturated rings. The fourth-order valence-electron chi connectivity index (χ4n) is 2.67. The van der Waals surface area contributed by atoms with Crippen LogP contribution < -0.4 is 0 Å². The minimum atomic E-state index is 0.352. The van der Waals surface area contributed by atoms with Crippen molar-refractivity contribution < 1.29 is 5.11 Å². The Hall–Kier alpha value is -1.91. The molecule has 22 heavy (non-hydrogen) atoms. The lowest BCUT2D eigenvalue weighted by atomic mass is 10.0. The van der Waals surface area contributed by atoms with Crippen molar-refractivity contribution in [3.05, 3.63) is 69.7 Å². The molecule has 3 aromatic rings. The molecule has 0 spiro atoms. The molecule has 0 atom stereocenters. The van der Waals surface area contributed by atoms with Gasteiger partial charge in [-0.25, -0.2) is 0 Å². The van der Waals surface area contributed by atoms with Crippen molar-refractivity contribution in [1.29, 1.82) is 0 Å². The van der Waals surface area contributed by atoms with Gasteiger partial charge in [0.2, 0.25) is 0 Å². The Morgan fingerprint density at radius 3 is 2.86 bits per heavy atom. The van der Waals surface area contributed by atoms with Crippen LogP contribution in [0.5, 0.6) is 5.75 Å². The van der Waals surface area contributed by atoms with E-state index in [0.717, 1.165) is 32.6 Å². The molecular formula is C18H17NOS2. The number of fused-ring (bicyclic) bond motifs is 1. The van der Waals surface area contributed by atoms with Gasteiger partial charge in [-0.15, -0.1) is 17.9 Å². The quantitative estimate of drug-likeness (QED) is 0.525. The summed E-state index contributed by atoms with van der Waals surface area (Å²) in [5.41, 5.74) is 4.06. The molecule has 0 aliphatic heterocycles. The van der Waals surface area contributed by atoms with E-state index in [0.29, 0.717) is 12.3 Å². The van der Waals surface area contributed by atoms with Crippen LogP contribution in [0.1, 0.15) is 16.7 Å². The monoisotopic (exact) mass is 327 g/mol.